The van der Waals surface area contributed by atoms with E-state index in [1.165, 1.54) is 0 Å². The van der Waals surface area contributed by atoms with Gasteiger partial charge in [-0.25, -0.2) is 0 Å². The van der Waals surface area contributed by atoms with Gasteiger partial charge in [0.15, 0.2) is 0 Å². The zero-order valence-corrected chi connectivity index (χ0v) is 9.11. The van der Waals surface area contributed by atoms with Gasteiger partial charge in [0.25, 0.3) is 0 Å². The zero-order chi connectivity index (χ0) is 10.3. The maximum atomic E-state index is 9.69. The van der Waals surface area contributed by atoms with Crippen LogP contribution in [0.2, 0.25) is 0 Å². The first kappa shape index (κ1) is 12.6. The van der Waals surface area contributed by atoms with Crippen LogP contribution in [0.3, 0.4) is 0 Å². The summed E-state index contributed by atoms with van der Waals surface area (Å²) in [6.45, 7) is 5.32. The summed E-state index contributed by atoms with van der Waals surface area (Å²) < 4.78 is 0. The minimum Gasteiger partial charge on any atom is -0.385 e. The van der Waals surface area contributed by atoms with Crippen LogP contribution >= 0.6 is 11.8 Å². The van der Waals surface area contributed by atoms with Crippen molar-refractivity contribution in [2.24, 2.45) is 0 Å². The average molecular weight is 200 g/mol. The lowest BCUT2D eigenvalue weighted by molar-refractivity contribution is 0.129. The molecule has 0 rings (SSSR count). The fraction of sp³-hybridized carbons (Fsp3) is 0.600. The van der Waals surface area contributed by atoms with Crippen LogP contribution in [-0.4, -0.2) is 28.2 Å². The van der Waals surface area contributed by atoms with Gasteiger partial charge >= 0.3 is 0 Å². The van der Waals surface area contributed by atoms with E-state index < -0.39 is 5.60 Å². The molecule has 0 aliphatic rings. The third-order valence-electron chi connectivity index (χ3n) is 1.29. The van der Waals surface area contributed by atoms with Gasteiger partial charge in [-0.1, -0.05) is 18.8 Å². The topological polar surface area (TPSA) is 40.5 Å². The second-order valence-corrected chi connectivity index (χ2v) is 4.29. The van der Waals surface area contributed by atoms with Crippen LogP contribution in [-0.2, 0) is 0 Å². The first-order valence-corrected chi connectivity index (χ1v) is 5.16. The molecular weight excluding hydrogens is 184 g/mol. The van der Waals surface area contributed by atoms with Crippen LogP contribution in [0.1, 0.15) is 20.8 Å². The number of thioether (sulfide) groups is 1. The van der Waals surface area contributed by atoms with Gasteiger partial charge in [-0.05, 0) is 19.6 Å². The van der Waals surface area contributed by atoms with Gasteiger partial charge in [0, 0.05) is 11.0 Å². The van der Waals surface area contributed by atoms with E-state index in [2.05, 4.69) is 11.8 Å². The standard InChI is InChI=1S/C10H16O2S/c1-4-13-9(10(2,3)12)7-5-6-8-11/h7,11-12H,4,8H2,1-3H3/b9-7+. The van der Waals surface area contributed by atoms with Gasteiger partial charge in [-0.15, -0.1) is 11.8 Å². The third-order valence-corrected chi connectivity index (χ3v) is 2.50. The molecule has 0 heterocycles. The van der Waals surface area contributed by atoms with E-state index in [1.54, 1.807) is 31.7 Å². The highest BCUT2D eigenvalue weighted by Crippen LogP contribution is 2.26. The van der Waals surface area contributed by atoms with Crippen molar-refractivity contribution in [2.45, 2.75) is 26.4 Å². The predicted octanol–water partition coefficient (Wildman–Crippen LogP) is 1.39. The molecule has 0 aliphatic carbocycles. The molecule has 0 radical (unpaired) electrons. The second-order valence-electron chi connectivity index (χ2n) is 2.98. The van der Waals surface area contributed by atoms with E-state index in [4.69, 9.17) is 5.11 Å². The maximum absolute atomic E-state index is 9.69. The molecular formula is C10H16O2S. The van der Waals surface area contributed by atoms with E-state index in [0.29, 0.717) is 0 Å². The Labute approximate surface area is 84.0 Å². The van der Waals surface area contributed by atoms with E-state index in [1.807, 2.05) is 6.92 Å². The molecule has 3 heteroatoms. The van der Waals surface area contributed by atoms with Crippen LogP contribution in [0.15, 0.2) is 11.0 Å². The minimum absolute atomic E-state index is 0.146. The lowest BCUT2D eigenvalue weighted by atomic mass is 10.1. The van der Waals surface area contributed by atoms with Crippen LogP contribution in [0.25, 0.3) is 0 Å². The molecule has 0 aliphatic heterocycles. The maximum Gasteiger partial charge on any atom is 0.104 e. The molecule has 0 aromatic carbocycles. The summed E-state index contributed by atoms with van der Waals surface area (Å²) in [6, 6.07) is 0. The first-order valence-electron chi connectivity index (χ1n) is 4.17. The number of hydrogen-bond acceptors (Lipinski definition) is 3. The van der Waals surface area contributed by atoms with E-state index in [9.17, 15) is 5.11 Å². The second kappa shape index (κ2) is 6.09. The summed E-state index contributed by atoms with van der Waals surface area (Å²) in [6.07, 6.45) is 1.66. The molecule has 0 saturated heterocycles. The number of rotatable bonds is 3. The van der Waals surface area contributed by atoms with Crippen molar-refractivity contribution in [1.29, 1.82) is 0 Å². The molecule has 2 N–H and O–H groups in total. The summed E-state index contributed by atoms with van der Waals surface area (Å²) in [5.41, 5.74) is -0.842. The number of hydrogen-bond donors (Lipinski definition) is 2. The van der Waals surface area contributed by atoms with Crippen LogP contribution in [0.5, 0.6) is 0 Å². The molecule has 0 saturated carbocycles. The molecule has 0 fully saturated rings. The predicted molar refractivity (Wildman–Crippen MR) is 57.4 cm³/mol. The molecule has 0 aromatic heterocycles. The molecule has 0 atom stereocenters. The normalized spacial score (nSPS) is 12.2. The largest absolute Gasteiger partial charge is 0.385 e. The Bertz CT molecular complexity index is 228. The molecule has 0 bridgehead atoms. The van der Waals surface area contributed by atoms with Gasteiger partial charge in [-0.3, -0.25) is 0 Å². The van der Waals surface area contributed by atoms with Crippen molar-refractivity contribution in [3.63, 3.8) is 0 Å². The quantitative estimate of drug-likeness (QED) is 0.676. The molecule has 13 heavy (non-hydrogen) atoms. The Hall–Kier alpha value is -0.430. The van der Waals surface area contributed by atoms with Crippen LogP contribution in [0, 0.1) is 11.8 Å². The number of aliphatic hydroxyl groups is 2. The minimum atomic E-state index is -0.842. The summed E-state index contributed by atoms with van der Waals surface area (Å²) in [5, 5.41) is 18.1. The third kappa shape index (κ3) is 5.75. The molecule has 0 spiro atoms. The van der Waals surface area contributed by atoms with Gasteiger partial charge in [0.1, 0.15) is 6.61 Å². The van der Waals surface area contributed by atoms with Gasteiger partial charge in [0.2, 0.25) is 0 Å². The fourth-order valence-corrected chi connectivity index (χ4v) is 1.52. The van der Waals surface area contributed by atoms with Crippen molar-refractivity contribution in [1.82, 2.24) is 0 Å². The van der Waals surface area contributed by atoms with Gasteiger partial charge in [0.05, 0.1) is 5.60 Å². The molecule has 0 amide bonds. The highest BCUT2D eigenvalue weighted by molar-refractivity contribution is 8.03. The van der Waals surface area contributed by atoms with E-state index in [-0.39, 0.29) is 6.61 Å². The fourth-order valence-electron chi connectivity index (χ4n) is 0.713. The lowest BCUT2D eigenvalue weighted by Gasteiger charge is -2.19. The Morgan fingerprint density at radius 2 is 2.15 bits per heavy atom. The summed E-state index contributed by atoms with van der Waals surface area (Å²) in [5.74, 6) is 6.10. The van der Waals surface area contributed by atoms with Crippen molar-refractivity contribution < 1.29 is 10.2 Å². The first-order chi connectivity index (χ1) is 6.02. The Balaban J connectivity index is 4.50. The van der Waals surface area contributed by atoms with Crippen molar-refractivity contribution in [3.8, 4) is 11.8 Å². The average Bonchev–Trinajstić information content (AvgIpc) is 2.01. The highest BCUT2D eigenvalue weighted by Gasteiger charge is 2.18. The lowest BCUT2D eigenvalue weighted by Crippen LogP contribution is -2.20. The van der Waals surface area contributed by atoms with Crippen LogP contribution < -0.4 is 0 Å². The van der Waals surface area contributed by atoms with Crippen molar-refractivity contribution in [3.05, 3.63) is 11.0 Å². The van der Waals surface area contributed by atoms with E-state index in [0.717, 1.165) is 10.7 Å². The monoisotopic (exact) mass is 200 g/mol. The van der Waals surface area contributed by atoms with Gasteiger partial charge in [-0.2, -0.15) is 0 Å². The SMILES string of the molecule is CCS/C(=C/C#CCO)C(C)(C)O. The Morgan fingerprint density at radius 3 is 2.54 bits per heavy atom. The summed E-state index contributed by atoms with van der Waals surface area (Å²) in [4.78, 5) is 0.830. The molecule has 74 valence electrons. The number of aliphatic hydroxyl groups excluding tert-OH is 1. The van der Waals surface area contributed by atoms with Gasteiger partial charge < -0.3 is 10.2 Å². The summed E-state index contributed by atoms with van der Waals surface area (Å²) in [7, 11) is 0. The van der Waals surface area contributed by atoms with Crippen LogP contribution in [0.4, 0.5) is 0 Å². The Kier molecular flexibility index (Phi) is 5.89. The molecule has 0 unspecified atom stereocenters. The van der Waals surface area contributed by atoms with Crippen molar-refractivity contribution in [2.75, 3.05) is 12.4 Å². The Morgan fingerprint density at radius 1 is 1.54 bits per heavy atom. The smallest absolute Gasteiger partial charge is 0.104 e. The van der Waals surface area contributed by atoms with Crippen molar-refractivity contribution >= 4 is 11.8 Å². The zero-order valence-electron chi connectivity index (χ0n) is 8.29. The molecule has 0 aromatic rings. The highest BCUT2D eigenvalue weighted by atomic mass is 32.2. The molecule has 2 nitrogen and oxygen atoms in total. The summed E-state index contributed by atoms with van der Waals surface area (Å²) >= 11 is 1.56. The van der Waals surface area contributed by atoms with E-state index >= 15 is 0 Å². The number of allylic oxidation sites excluding steroid dienone is 1.